The molecule has 2 N–H and O–H groups in total. The van der Waals surface area contributed by atoms with Crippen LogP contribution >= 0.6 is 34.5 Å². The van der Waals surface area contributed by atoms with Crippen LogP contribution in [-0.4, -0.2) is 18.4 Å². The maximum Gasteiger partial charge on any atom is 0.247 e. The molecule has 0 amide bonds. The van der Waals surface area contributed by atoms with Crippen LogP contribution in [0.4, 0.5) is 0 Å². The fraction of sp³-hybridized carbons (Fsp3) is 0.200. The highest BCUT2D eigenvalue weighted by molar-refractivity contribution is 7.91. The first kappa shape index (κ1) is 24.8. The van der Waals surface area contributed by atoms with Gasteiger partial charge in [-0.2, -0.15) is 0 Å². The highest BCUT2D eigenvalue weighted by Gasteiger charge is 2.19. The maximum atomic E-state index is 12.2. The van der Waals surface area contributed by atoms with Crippen LogP contribution < -0.4 is 5.14 Å². The second kappa shape index (κ2) is 10.1. The van der Waals surface area contributed by atoms with Crippen molar-refractivity contribution in [1.29, 1.82) is 0 Å². The number of hydrogen-bond donors (Lipinski definition) is 1. The second-order valence-electron chi connectivity index (χ2n) is 8.00. The van der Waals surface area contributed by atoms with E-state index in [2.05, 4.69) is 11.9 Å². The van der Waals surface area contributed by atoms with E-state index in [4.69, 9.17) is 33.3 Å². The lowest BCUT2D eigenvalue weighted by molar-refractivity contribution is 0.598. The molecule has 0 saturated carbocycles. The average Bonchev–Trinajstić information content (AvgIpc) is 3.24. The lowest BCUT2D eigenvalue weighted by Crippen LogP contribution is -2.12. The first-order chi connectivity index (χ1) is 16.2. The summed E-state index contributed by atoms with van der Waals surface area (Å²) in [5.74, 6) is 0.567. The average molecular weight is 533 g/mol. The molecule has 2 heterocycles. The van der Waals surface area contributed by atoms with Crippen molar-refractivity contribution >= 4 is 44.6 Å². The summed E-state index contributed by atoms with van der Waals surface area (Å²) >= 11 is 13.5. The lowest BCUT2D eigenvalue weighted by atomic mass is 10.1. The van der Waals surface area contributed by atoms with Gasteiger partial charge in [-0.3, -0.25) is 0 Å². The number of thiophene rings is 1. The fourth-order valence-corrected chi connectivity index (χ4v) is 6.15. The topological polar surface area (TPSA) is 85.9 Å². The number of unbranched alkanes of at least 4 members (excludes halogenated alkanes) is 1. The van der Waals surface area contributed by atoms with Gasteiger partial charge in [0.05, 0.1) is 15.7 Å². The highest BCUT2D eigenvalue weighted by Crippen LogP contribution is 2.36. The largest absolute Gasteiger partial charge is 0.247 e. The third-order valence-electron chi connectivity index (χ3n) is 5.30. The predicted molar refractivity (Wildman–Crippen MR) is 141 cm³/mol. The number of hydrogen-bond acceptors (Lipinski definition) is 5. The van der Waals surface area contributed by atoms with Crippen LogP contribution in [0, 0.1) is 6.92 Å². The van der Waals surface area contributed by atoms with E-state index >= 15 is 0 Å². The van der Waals surface area contributed by atoms with Crippen molar-refractivity contribution in [3.8, 4) is 33.1 Å². The molecule has 34 heavy (non-hydrogen) atoms. The van der Waals surface area contributed by atoms with Crippen molar-refractivity contribution in [2.24, 2.45) is 5.14 Å². The molecule has 2 aromatic carbocycles. The molecule has 2 aromatic heterocycles. The van der Waals surface area contributed by atoms with E-state index in [1.165, 1.54) is 11.3 Å². The molecular formula is C25H23Cl2N3O2S2. The molecule has 4 aromatic rings. The van der Waals surface area contributed by atoms with Gasteiger partial charge in [-0.05, 0) is 61.2 Å². The van der Waals surface area contributed by atoms with Gasteiger partial charge in [0.2, 0.25) is 10.0 Å². The highest BCUT2D eigenvalue weighted by atomic mass is 35.5. The van der Waals surface area contributed by atoms with Crippen LogP contribution in [0.15, 0.2) is 58.8 Å². The number of benzene rings is 2. The molecule has 5 nitrogen and oxygen atoms in total. The van der Waals surface area contributed by atoms with Gasteiger partial charge in [0.25, 0.3) is 0 Å². The molecule has 0 bridgehead atoms. The monoisotopic (exact) mass is 531 g/mol. The van der Waals surface area contributed by atoms with Gasteiger partial charge in [-0.1, -0.05) is 60.8 Å². The molecule has 9 heteroatoms. The van der Waals surface area contributed by atoms with Crippen LogP contribution in [0.1, 0.15) is 31.0 Å². The molecular weight excluding hydrogens is 509 g/mol. The Balaban J connectivity index is 1.76. The number of nitrogens with zero attached hydrogens (tertiary/aromatic N) is 2. The zero-order chi connectivity index (χ0) is 24.5. The molecule has 4 rings (SSSR count). The van der Waals surface area contributed by atoms with E-state index in [-0.39, 0.29) is 4.21 Å². The standard InChI is InChI=1S/C25H23Cl2N3O2S2/c1-3-4-6-19-14-23(33-25(19)34(28,31)32)17-7-5-8-18(12-17)24-29-15(2)11-22(30-24)16-9-10-20(26)21(27)13-16/h5,7-14H,3-4,6H2,1-2H3,(H2,28,31,32). The van der Waals surface area contributed by atoms with Gasteiger partial charge < -0.3 is 0 Å². The Morgan fingerprint density at radius 2 is 1.71 bits per heavy atom. The Bertz CT molecular complexity index is 1470. The quantitative estimate of drug-likeness (QED) is 0.274. The Hall–Kier alpha value is -2.29. The fourth-order valence-electron chi connectivity index (χ4n) is 3.65. The molecule has 0 aliphatic rings. The zero-order valence-electron chi connectivity index (χ0n) is 18.7. The molecule has 0 aliphatic heterocycles. The summed E-state index contributed by atoms with van der Waals surface area (Å²) in [7, 11) is -3.79. The molecule has 0 radical (unpaired) electrons. The molecule has 0 spiro atoms. The van der Waals surface area contributed by atoms with E-state index in [1.54, 1.807) is 12.1 Å². The number of aromatic nitrogens is 2. The van der Waals surface area contributed by atoms with Gasteiger partial charge in [0, 0.05) is 21.7 Å². The lowest BCUT2D eigenvalue weighted by Gasteiger charge is -2.08. The Kier molecular flexibility index (Phi) is 7.40. The summed E-state index contributed by atoms with van der Waals surface area (Å²) in [4.78, 5) is 10.2. The van der Waals surface area contributed by atoms with Crippen LogP contribution in [0.3, 0.4) is 0 Å². The van der Waals surface area contributed by atoms with Crippen molar-refractivity contribution in [3.05, 3.63) is 75.9 Å². The summed E-state index contributed by atoms with van der Waals surface area (Å²) in [5.41, 5.74) is 4.86. The van der Waals surface area contributed by atoms with Crippen molar-refractivity contribution in [2.75, 3.05) is 0 Å². The van der Waals surface area contributed by atoms with Crippen molar-refractivity contribution in [2.45, 2.75) is 37.3 Å². The SMILES string of the molecule is CCCCc1cc(-c2cccc(-c3nc(C)cc(-c4ccc(Cl)c(Cl)c4)n3)c2)sc1S(N)(=O)=O. The number of aryl methyl sites for hydroxylation is 2. The van der Waals surface area contributed by atoms with Gasteiger partial charge in [-0.25, -0.2) is 23.5 Å². The smallest absolute Gasteiger partial charge is 0.233 e. The molecule has 0 unspecified atom stereocenters. The summed E-state index contributed by atoms with van der Waals surface area (Å²) in [6.07, 6.45) is 2.54. The number of nitrogens with two attached hydrogens (primary N) is 1. The molecule has 0 fully saturated rings. The van der Waals surface area contributed by atoms with E-state index in [9.17, 15) is 8.42 Å². The minimum atomic E-state index is -3.79. The Labute approximate surface area is 213 Å². The number of halogens is 2. The van der Waals surface area contributed by atoms with E-state index in [1.807, 2.05) is 49.4 Å². The van der Waals surface area contributed by atoms with Gasteiger partial charge in [0.1, 0.15) is 4.21 Å². The predicted octanol–water partition coefficient (Wildman–Crippen LogP) is 7.14. The van der Waals surface area contributed by atoms with Crippen molar-refractivity contribution in [1.82, 2.24) is 9.97 Å². The minimum Gasteiger partial charge on any atom is -0.233 e. The third-order valence-corrected chi connectivity index (χ3v) is 8.79. The minimum absolute atomic E-state index is 0.232. The van der Waals surface area contributed by atoms with Gasteiger partial charge in [-0.15, -0.1) is 11.3 Å². The first-order valence-corrected chi connectivity index (χ1v) is 13.8. The molecule has 0 atom stereocenters. The summed E-state index contributed by atoms with van der Waals surface area (Å²) in [6, 6.07) is 17.0. The number of sulfonamides is 1. The summed E-state index contributed by atoms with van der Waals surface area (Å²) in [5, 5.41) is 6.44. The Morgan fingerprint density at radius 1 is 0.941 bits per heavy atom. The van der Waals surface area contributed by atoms with Crippen LogP contribution in [0.25, 0.3) is 33.1 Å². The summed E-state index contributed by atoms with van der Waals surface area (Å²) in [6.45, 7) is 3.98. The molecule has 176 valence electrons. The zero-order valence-corrected chi connectivity index (χ0v) is 21.8. The number of primary sulfonamides is 1. The van der Waals surface area contributed by atoms with E-state index in [0.717, 1.165) is 51.4 Å². The Morgan fingerprint density at radius 3 is 2.41 bits per heavy atom. The second-order valence-corrected chi connectivity index (χ2v) is 11.6. The van der Waals surface area contributed by atoms with Crippen LogP contribution in [0.5, 0.6) is 0 Å². The molecule has 0 aliphatic carbocycles. The number of rotatable bonds is 7. The maximum absolute atomic E-state index is 12.2. The summed E-state index contributed by atoms with van der Waals surface area (Å²) < 4.78 is 24.5. The first-order valence-electron chi connectivity index (χ1n) is 10.7. The van der Waals surface area contributed by atoms with Crippen molar-refractivity contribution < 1.29 is 8.42 Å². The van der Waals surface area contributed by atoms with Crippen LogP contribution in [-0.2, 0) is 16.4 Å². The van der Waals surface area contributed by atoms with Gasteiger partial charge in [0.15, 0.2) is 5.82 Å². The van der Waals surface area contributed by atoms with Gasteiger partial charge >= 0.3 is 0 Å². The third kappa shape index (κ3) is 5.50. The van der Waals surface area contributed by atoms with E-state index in [0.29, 0.717) is 22.3 Å². The van der Waals surface area contributed by atoms with Crippen LogP contribution in [0.2, 0.25) is 10.0 Å². The molecule has 0 saturated heterocycles. The normalized spacial score (nSPS) is 11.7. The van der Waals surface area contributed by atoms with E-state index < -0.39 is 10.0 Å². The van der Waals surface area contributed by atoms with Crippen molar-refractivity contribution in [3.63, 3.8) is 0 Å².